The molecule has 1 amide bonds. The van der Waals surface area contributed by atoms with E-state index >= 15 is 0 Å². The van der Waals surface area contributed by atoms with E-state index in [1.165, 1.54) is 0 Å². The average Bonchev–Trinajstić information content (AvgIpc) is 3.56. The van der Waals surface area contributed by atoms with E-state index in [4.69, 9.17) is 14.0 Å². The number of piperazine rings is 1. The highest BCUT2D eigenvalue weighted by atomic mass is 16.5. The van der Waals surface area contributed by atoms with Gasteiger partial charge in [-0.3, -0.25) is 4.79 Å². The SMILES string of the molecule is CCOC(=O)c1cc(-c2ccc(N3CCN(C(=O)c4c(C)noc4C)CC3)cc2)n(-c2ccc(OC)cc2)n1. The van der Waals surface area contributed by atoms with Gasteiger partial charge in [-0.2, -0.15) is 5.10 Å². The molecule has 0 aliphatic carbocycles. The maximum absolute atomic E-state index is 13.0. The highest BCUT2D eigenvalue weighted by Crippen LogP contribution is 2.28. The number of aryl methyl sites for hydroxylation is 2. The van der Waals surface area contributed by atoms with Gasteiger partial charge in [0.25, 0.3) is 5.91 Å². The summed E-state index contributed by atoms with van der Waals surface area (Å²) in [5.41, 5.74) is 4.95. The van der Waals surface area contributed by atoms with Crippen LogP contribution in [-0.4, -0.2) is 71.6 Å². The number of nitrogens with zero attached hydrogens (tertiary/aromatic N) is 5. The molecule has 0 radical (unpaired) electrons. The first-order valence-corrected chi connectivity index (χ1v) is 12.9. The van der Waals surface area contributed by atoms with Crippen molar-refractivity contribution in [2.24, 2.45) is 0 Å². The second kappa shape index (κ2) is 11.0. The van der Waals surface area contributed by atoms with Crippen molar-refractivity contribution in [3.63, 3.8) is 0 Å². The number of carbonyl (C=O) groups is 2. The van der Waals surface area contributed by atoms with Gasteiger partial charge in [-0.05, 0) is 63.2 Å². The molecular weight excluding hydrogens is 498 g/mol. The Kier molecular flexibility index (Phi) is 7.36. The molecule has 0 spiro atoms. The third-order valence-electron chi connectivity index (χ3n) is 6.85. The van der Waals surface area contributed by atoms with Crippen molar-refractivity contribution in [1.82, 2.24) is 19.8 Å². The Balaban J connectivity index is 1.34. The smallest absolute Gasteiger partial charge is 0.358 e. The van der Waals surface area contributed by atoms with Crippen molar-refractivity contribution in [2.45, 2.75) is 20.8 Å². The minimum absolute atomic E-state index is 0.0366. The summed E-state index contributed by atoms with van der Waals surface area (Å²) in [6.07, 6.45) is 0. The molecule has 2 aromatic carbocycles. The molecule has 5 rings (SSSR count). The predicted molar refractivity (Wildman–Crippen MR) is 146 cm³/mol. The number of benzene rings is 2. The average molecular weight is 530 g/mol. The van der Waals surface area contributed by atoms with Gasteiger partial charge in [-0.1, -0.05) is 17.3 Å². The number of aromatic nitrogens is 3. The summed E-state index contributed by atoms with van der Waals surface area (Å²) in [5.74, 6) is 0.781. The number of carbonyl (C=O) groups excluding carboxylic acids is 2. The van der Waals surface area contributed by atoms with Gasteiger partial charge in [0.05, 0.1) is 30.8 Å². The van der Waals surface area contributed by atoms with E-state index in [1.54, 1.807) is 38.6 Å². The van der Waals surface area contributed by atoms with Crippen LogP contribution in [0.5, 0.6) is 5.75 Å². The number of methoxy groups -OCH3 is 1. The first kappa shape index (κ1) is 26.0. The van der Waals surface area contributed by atoms with Crippen LogP contribution in [0.15, 0.2) is 59.1 Å². The Hall–Kier alpha value is -4.60. The summed E-state index contributed by atoms with van der Waals surface area (Å²) < 4.78 is 17.4. The Morgan fingerprint density at radius 1 is 0.949 bits per heavy atom. The Morgan fingerprint density at radius 3 is 2.21 bits per heavy atom. The second-order valence-corrected chi connectivity index (χ2v) is 9.27. The fourth-order valence-electron chi connectivity index (χ4n) is 4.77. The van der Waals surface area contributed by atoms with Crippen molar-refractivity contribution in [2.75, 3.05) is 44.8 Å². The topological polar surface area (TPSA) is 103 Å². The van der Waals surface area contributed by atoms with Crippen molar-refractivity contribution >= 4 is 17.6 Å². The van der Waals surface area contributed by atoms with Crippen molar-refractivity contribution < 1.29 is 23.6 Å². The lowest BCUT2D eigenvalue weighted by molar-refractivity contribution is 0.0518. The molecule has 1 fully saturated rings. The highest BCUT2D eigenvalue weighted by molar-refractivity contribution is 5.96. The molecule has 4 aromatic rings. The minimum Gasteiger partial charge on any atom is -0.497 e. The minimum atomic E-state index is -0.466. The van der Waals surface area contributed by atoms with E-state index in [1.807, 2.05) is 41.3 Å². The van der Waals surface area contributed by atoms with Crippen LogP contribution in [0.3, 0.4) is 0 Å². The van der Waals surface area contributed by atoms with Gasteiger partial charge in [0.2, 0.25) is 0 Å². The largest absolute Gasteiger partial charge is 0.497 e. The van der Waals surface area contributed by atoms with Gasteiger partial charge in [-0.25, -0.2) is 9.48 Å². The van der Waals surface area contributed by atoms with Gasteiger partial charge in [0.15, 0.2) is 5.69 Å². The molecule has 2 aromatic heterocycles. The summed E-state index contributed by atoms with van der Waals surface area (Å²) in [6.45, 7) is 8.24. The van der Waals surface area contributed by atoms with Gasteiger partial charge >= 0.3 is 5.97 Å². The molecular formula is C29H31N5O5. The molecule has 10 heteroatoms. The number of hydrogen-bond donors (Lipinski definition) is 0. The zero-order valence-corrected chi connectivity index (χ0v) is 22.5. The van der Waals surface area contributed by atoms with Crippen LogP contribution in [0, 0.1) is 13.8 Å². The number of rotatable bonds is 7. The Labute approximate surface area is 226 Å². The molecule has 3 heterocycles. The van der Waals surface area contributed by atoms with Gasteiger partial charge in [0, 0.05) is 37.4 Å². The van der Waals surface area contributed by atoms with Gasteiger partial charge in [0.1, 0.15) is 17.1 Å². The van der Waals surface area contributed by atoms with Crippen molar-refractivity contribution in [1.29, 1.82) is 0 Å². The van der Waals surface area contributed by atoms with E-state index < -0.39 is 5.97 Å². The van der Waals surface area contributed by atoms with E-state index in [-0.39, 0.29) is 18.2 Å². The Morgan fingerprint density at radius 2 is 1.62 bits per heavy atom. The van der Waals surface area contributed by atoms with Crippen LogP contribution in [0.2, 0.25) is 0 Å². The summed E-state index contributed by atoms with van der Waals surface area (Å²) in [5, 5.41) is 8.45. The zero-order chi connectivity index (χ0) is 27.5. The molecule has 1 aliphatic rings. The fraction of sp³-hybridized carbons (Fsp3) is 0.310. The molecule has 0 N–H and O–H groups in total. The van der Waals surface area contributed by atoms with Crippen LogP contribution in [-0.2, 0) is 4.74 Å². The van der Waals surface area contributed by atoms with E-state index in [0.717, 1.165) is 28.4 Å². The quantitative estimate of drug-likeness (QED) is 0.327. The van der Waals surface area contributed by atoms with Crippen molar-refractivity contribution in [3.8, 4) is 22.7 Å². The first-order chi connectivity index (χ1) is 18.9. The molecule has 0 unspecified atom stereocenters. The monoisotopic (exact) mass is 529 g/mol. The predicted octanol–water partition coefficient (Wildman–Crippen LogP) is 4.29. The first-order valence-electron chi connectivity index (χ1n) is 12.9. The second-order valence-electron chi connectivity index (χ2n) is 9.27. The molecule has 1 aliphatic heterocycles. The molecule has 39 heavy (non-hydrogen) atoms. The summed E-state index contributed by atoms with van der Waals surface area (Å²) in [6, 6.07) is 17.4. The highest BCUT2D eigenvalue weighted by Gasteiger charge is 2.27. The molecule has 0 atom stereocenters. The summed E-state index contributed by atoms with van der Waals surface area (Å²) >= 11 is 0. The maximum atomic E-state index is 13.0. The zero-order valence-electron chi connectivity index (χ0n) is 22.5. The standard InChI is InChI=1S/C29H31N5O5/c1-5-38-29(36)25-18-26(34(30-25)23-10-12-24(37-4)13-11-23)21-6-8-22(9-7-21)32-14-16-33(17-15-32)28(35)27-19(2)31-39-20(27)3/h6-13,18H,5,14-17H2,1-4H3. The normalized spacial score (nSPS) is 13.4. The van der Waals surface area contributed by atoms with E-state index in [2.05, 4.69) is 27.3 Å². The lowest BCUT2D eigenvalue weighted by Gasteiger charge is -2.36. The molecule has 10 nitrogen and oxygen atoms in total. The van der Waals surface area contributed by atoms with E-state index in [0.29, 0.717) is 43.2 Å². The summed E-state index contributed by atoms with van der Waals surface area (Å²) in [4.78, 5) is 29.5. The number of ether oxygens (including phenoxy) is 2. The Bertz CT molecular complexity index is 1450. The molecule has 1 saturated heterocycles. The van der Waals surface area contributed by atoms with E-state index in [9.17, 15) is 9.59 Å². The van der Waals surface area contributed by atoms with Crippen LogP contribution in [0.4, 0.5) is 5.69 Å². The molecule has 0 saturated carbocycles. The third kappa shape index (κ3) is 5.22. The number of hydrogen-bond acceptors (Lipinski definition) is 8. The number of amides is 1. The van der Waals surface area contributed by atoms with Crippen LogP contribution >= 0.6 is 0 Å². The van der Waals surface area contributed by atoms with Crippen LogP contribution in [0.1, 0.15) is 39.2 Å². The lowest BCUT2D eigenvalue weighted by Crippen LogP contribution is -2.49. The number of anilines is 1. The van der Waals surface area contributed by atoms with Crippen LogP contribution < -0.4 is 9.64 Å². The maximum Gasteiger partial charge on any atom is 0.358 e. The lowest BCUT2D eigenvalue weighted by atomic mass is 10.1. The van der Waals surface area contributed by atoms with Gasteiger partial charge < -0.3 is 23.8 Å². The fourth-order valence-corrected chi connectivity index (χ4v) is 4.77. The third-order valence-corrected chi connectivity index (χ3v) is 6.85. The van der Waals surface area contributed by atoms with Gasteiger partial charge in [-0.15, -0.1) is 0 Å². The number of esters is 1. The molecule has 0 bridgehead atoms. The molecule has 202 valence electrons. The van der Waals surface area contributed by atoms with Crippen molar-refractivity contribution in [3.05, 3.63) is 77.3 Å². The summed E-state index contributed by atoms with van der Waals surface area (Å²) in [7, 11) is 1.62. The van der Waals surface area contributed by atoms with Crippen LogP contribution in [0.25, 0.3) is 16.9 Å².